The van der Waals surface area contributed by atoms with Crippen molar-refractivity contribution in [2.45, 2.75) is 31.0 Å². The molecule has 2 heterocycles. The second-order valence-electron chi connectivity index (χ2n) is 7.23. The highest BCUT2D eigenvalue weighted by molar-refractivity contribution is 5.33. The van der Waals surface area contributed by atoms with Gasteiger partial charge in [-0.3, -0.25) is 0 Å². The summed E-state index contributed by atoms with van der Waals surface area (Å²) >= 11 is 0. The highest BCUT2D eigenvalue weighted by Crippen LogP contribution is 2.53. The fraction of sp³-hybridized carbons (Fsp3) is 0.273. The maximum Gasteiger partial charge on any atom is 0.141 e. The fourth-order valence-corrected chi connectivity index (χ4v) is 3.58. The molecule has 0 aliphatic carbocycles. The predicted octanol–water partition coefficient (Wildman–Crippen LogP) is 4.87. The first-order valence-corrected chi connectivity index (χ1v) is 8.82. The fourth-order valence-electron chi connectivity index (χ4n) is 3.58. The van der Waals surface area contributed by atoms with Gasteiger partial charge in [-0.15, -0.1) is 0 Å². The Labute approximate surface area is 153 Å². The van der Waals surface area contributed by atoms with Crippen molar-refractivity contribution >= 4 is 0 Å². The third-order valence-electron chi connectivity index (χ3n) is 5.27. The van der Waals surface area contributed by atoms with E-state index < -0.39 is 17.2 Å². The molecule has 1 aromatic heterocycles. The van der Waals surface area contributed by atoms with E-state index in [1.807, 2.05) is 86.6 Å². The van der Waals surface area contributed by atoms with Gasteiger partial charge in [0.2, 0.25) is 0 Å². The molecule has 0 bridgehead atoms. The Bertz CT molecular complexity index is 840. The Morgan fingerprint density at radius 2 is 1.58 bits per heavy atom. The predicted molar refractivity (Wildman–Crippen MR) is 98.6 cm³/mol. The Balaban J connectivity index is 1.78. The lowest BCUT2D eigenvalue weighted by Crippen LogP contribution is -2.46. The zero-order chi connectivity index (χ0) is 18.2. The van der Waals surface area contributed by atoms with Crippen molar-refractivity contribution in [2.75, 3.05) is 6.61 Å². The van der Waals surface area contributed by atoms with E-state index in [2.05, 4.69) is 0 Å². The first kappa shape index (κ1) is 17.0. The summed E-state index contributed by atoms with van der Waals surface area (Å²) in [6.07, 6.45) is 1.63. The van der Waals surface area contributed by atoms with E-state index in [0.29, 0.717) is 12.4 Å². The van der Waals surface area contributed by atoms with Gasteiger partial charge in [0.25, 0.3) is 0 Å². The second-order valence-corrected chi connectivity index (χ2v) is 7.23. The molecule has 0 saturated carbocycles. The van der Waals surface area contributed by atoms with Gasteiger partial charge in [-0.05, 0) is 37.1 Å². The highest BCUT2D eigenvalue weighted by atomic mass is 16.6. The molecule has 4 nitrogen and oxygen atoms in total. The van der Waals surface area contributed by atoms with Crippen LogP contribution in [-0.4, -0.2) is 16.9 Å². The zero-order valence-electron chi connectivity index (χ0n) is 15.0. The number of hydrogen-bond donors (Lipinski definition) is 1. The number of hydrogen-bond acceptors (Lipinski definition) is 4. The van der Waals surface area contributed by atoms with Crippen molar-refractivity contribution in [1.29, 1.82) is 0 Å². The van der Waals surface area contributed by atoms with Gasteiger partial charge in [0, 0.05) is 0 Å². The van der Waals surface area contributed by atoms with Crippen LogP contribution in [0.3, 0.4) is 0 Å². The minimum absolute atomic E-state index is 0.463. The smallest absolute Gasteiger partial charge is 0.141 e. The summed E-state index contributed by atoms with van der Waals surface area (Å²) in [6, 6.07) is 23.3. The van der Waals surface area contributed by atoms with Gasteiger partial charge in [-0.1, -0.05) is 60.7 Å². The van der Waals surface area contributed by atoms with Gasteiger partial charge in [-0.2, -0.15) is 5.06 Å². The van der Waals surface area contributed by atoms with Crippen molar-refractivity contribution in [2.24, 2.45) is 0 Å². The number of hydroxylamine groups is 2. The summed E-state index contributed by atoms with van der Waals surface area (Å²) in [7, 11) is 0. The molecule has 4 heteroatoms. The normalized spacial score (nSPS) is 20.9. The summed E-state index contributed by atoms with van der Waals surface area (Å²) in [5.74, 6) is 0.679. The van der Waals surface area contributed by atoms with Gasteiger partial charge in [0.1, 0.15) is 17.4 Å². The van der Waals surface area contributed by atoms with E-state index in [4.69, 9.17) is 9.15 Å². The van der Waals surface area contributed by atoms with Crippen molar-refractivity contribution in [3.05, 3.63) is 95.9 Å². The third kappa shape index (κ3) is 2.76. The van der Waals surface area contributed by atoms with Crippen LogP contribution in [0.15, 0.2) is 83.5 Å². The number of furan rings is 1. The van der Waals surface area contributed by atoms with Gasteiger partial charge < -0.3 is 14.4 Å². The first-order chi connectivity index (χ1) is 12.6. The van der Waals surface area contributed by atoms with E-state index in [-0.39, 0.29) is 0 Å². The maximum atomic E-state index is 11.4. The van der Waals surface area contributed by atoms with Gasteiger partial charge in [0.15, 0.2) is 0 Å². The summed E-state index contributed by atoms with van der Waals surface area (Å²) in [4.78, 5) is 0. The minimum Gasteiger partial charge on any atom is -0.467 e. The lowest BCUT2D eigenvalue weighted by Gasteiger charge is -2.41. The van der Waals surface area contributed by atoms with Gasteiger partial charge >= 0.3 is 0 Å². The number of benzene rings is 2. The van der Waals surface area contributed by atoms with Crippen molar-refractivity contribution in [1.82, 2.24) is 5.06 Å². The maximum absolute atomic E-state index is 11.4. The van der Waals surface area contributed by atoms with E-state index in [9.17, 15) is 5.21 Å². The molecule has 0 amide bonds. The van der Waals surface area contributed by atoms with Crippen LogP contribution < -0.4 is 0 Å². The average molecular weight is 349 g/mol. The van der Waals surface area contributed by atoms with Crippen LogP contribution in [0.1, 0.15) is 36.8 Å². The summed E-state index contributed by atoms with van der Waals surface area (Å²) < 4.78 is 11.7. The summed E-state index contributed by atoms with van der Waals surface area (Å²) in [5.41, 5.74) is 0.791. The Kier molecular flexibility index (Phi) is 4.19. The van der Waals surface area contributed by atoms with Crippen molar-refractivity contribution < 1.29 is 14.4 Å². The quantitative estimate of drug-likeness (QED) is 0.509. The first-order valence-electron chi connectivity index (χ1n) is 8.82. The number of nitrogens with zero attached hydrogens (tertiary/aromatic N) is 1. The SMILES string of the molecule is CC(C)(c1ccccc1)N(O)[C@@H](c1ccco1)[C@]1(c2ccccc2)CO1. The zero-order valence-corrected chi connectivity index (χ0v) is 15.0. The molecule has 1 N–H and O–H groups in total. The third-order valence-corrected chi connectivity index (χ3v) is 5.27. The van der Waals surface area contributed by atoms with E-state index in [0.717, 1.165) is 11.1 Å². The molecule has 0 spiro atoms. The van der Waals surface area contributed by atoms with Crippen LogP contribution >= 0.6 is 0 Å². The molecule has 1 aliphatic heterocycles. The van der Waals surface area contributed by atoms with Crippen molar-refractivity contribution in [3.8, 4) is 0 Å². The molecule has 0 unspecified atom stereocenters. The van der Waals surface area contributed by atoms with Crippen LogP contribution in [0.4, 0.5) is 0 Å². The average Bonchev–Trinajstić information content (AvgIpc) is 3.30. The monoisotopic (exact) mass is 349 g/mol. The second kappa shape index (κ2) is 6.40. The summed E-state index contributed by atoms with van der Waals surface area (Å²) in [6.45, 7) is 4.53. The Hall–Kier alpha value is -2.40. The molecule has 26 heavy (non-hydrogen) atoms. The van der Waals surface area contributed by atoms with Crippen LogP contribution in [0, 0.1) is 0 Å². The molecule has 2 atom stereocenters. The van der Waals surface area contributed by atoms with Crippen LogP contribution in [0.2, 0.25) is 0 Å². The molecule has 1 saturated heterocycles. The van der Waals surface area contributed by atoms with Crippen LogP contribution in [-0.2, 0) is 15.9 Å². The molecule has 134 valence electrons. The molecular formula is C22H23NO3. The largest absolute Gasteiger partial charge is 0.467 e. The number of epoxide rings is 1. The minimum atomic E-state index is -0.632. The number of rotatable bonds is 6. The van der Waals surface area contributed by atoms with Crippen molar-refractivity contribution in [3.63, 3.8) is 0 Å². The lowest BCUT2D eigenvalue weighted by atomic mass is 9.85. The van der Waals surface area contributed by atoms with Gasteiger partial charge in [0.05, 0.1) is 18.4 Å². The van der Waals surface area contributed by atoms with E-state index in [1.165, 1.54) is 5.06 Å². The van der Waals surface area contributed by atoms with E-state index in [1.54, 1.807) is 6.26 Å². The highest BCUT2D eigenvalue weighted by Gasteiger charge is 2.59. The summed E-state index contributed by atoms with van der Waals surface area (Å²) in [5, 5.41) is 12.8. The lowest BCUT2D eigenvalue weighted by molar-refractivity contribution is -0.219. The topological polar surface area (TPSA) is 49.1 Å². The molecule has 4 rings (SSSR count). The molecule has 2 aromatic carbocycles. The van der Waals surface area contributed by atoms with E-state index >= 15 is 0 Å². The Morgan fingerprint density at radius 1 is 0.962 bits per heavy atom. The number of ether oxygens (including phenoxy) is 1. The molecule has 1 fully saturated rings. The van der Waals surface area contributed by atoms with Crippen LogP contribution in [0.5, 0.6) is 0 Å². The molecule has 3 aromatic rings. The molecule has 1 aliphatic rings. The standard InChI is InChI=1S/C22H23NO3/c1-21(2,17-10-5-3-6-11-17)23(24)20(19-14-9-15-25-19)22(16-26-22)18-12-7-4-8-13-18/h3-15,20,24H,16H2,1-2H3/t20-,22+/m0/s1. The van der Waals surface area contributed by atoms with Gasteiger partial charge in [-0.25, -0.2) is 0 Å². The molecular weight excluding hydrogens is 326 g/mol. The van der Waals surface area contributed by atoms with Crippen LogP contribution in [0.25, 0.3) is 0 Å². The molecule has 0 radical (unpaired) electrons. The Morgan fingerprint density at radius 3 is 2.12 bits per heavy atom.